The van der Waals surface area contributed by atoms with E-state index in [-0.39, 0.29) is 6.04 Å². The van der Waals surface area contributed by atoms with E-state index >= 15 is 0 Å². The number of nitrogens with two attached hydrogens (primary N) is 1. The summed E-state index contributed by atoms with van der Waals surface area (Å²) in [5, 5.41) is 0. The lowest BCUT2D eigenvalue weighted by Gasteiger charge is -2.35. The van der Waals surface area contributed by atoms with Gasteiger partial charge in [-0.05, 0) is 45.7 Å². The van der Waals surface area contributed by atoms with Gasteiger partial charge in [-0.2, -0.15) is 0 Å². The minimum absolute atomic E-state index is 0.0696. The van der Waals surface area contributed by atoms with Crippen LogP contribution >= 0.6 is 0 Å². The molecule has 0 saturated carbocycles. The van der Waals surface area contributed by atoms with Gasteiger partial charge in [-0.1, -0.05) is 43.7 Å². The number of hydrogen-bond donors (Lipinski definition) is 1. The molecule has 1 aromatic rings. The molecule has 0 fully saturated rings. The van der Waals surface area contributed by atoms with Crippen molar-refractivity contribution in [2.45, 2.75) is 59.2 Å². The predicted octanol–water partition coefficient (Wildman–Crippen LogP) is 3.75. The lowest BCUT2D eigenvalue weighted by atomic mass is 9.96. The van der Waals surface area contributed by atoms with Gasteiger partial charge in [0, 0.05) is 18.1 Å². The Morgan fingerprint density at radius 2 is 1.58 bits per heavy atom. The summed E-state index contributed by atoms with van der Waals surface area (Å²) in [4.78, 5) is 2.41. The first kappa shape index (κ1) is 16.2. The van der Waals surface area contributed by atoms with Crippen molar-refractivity contribution >= 4 is 0 Å². The highest BCUT2D eigenvalue weighted by Crippen LogP contribution is 2.21. The first-order valence-electron chi connectivity index (χ1n) is 7.37. The number of aryl methyl sites for hydroxylation is 1. The van der Waals surface area contributed by atoms with E-state index in [9.17, 15) is 0 Å². The van der Waals surface area contributed by atoms with Crippen molar-refractivity contribution in [3.63, 3.8) is 0 Å². The van der Waals surface area contributed by atoms with Crippen LogP contribution in [0.5, 0.6) is 0 Å². The molecule has 3 atom stereocenters. The van der Waals surface area contributed by atoms with Gasteiger partial charge in [-0.3, -0.25) is 4.90 Å². The second-order valence-electron chi connectivity index (χ2n) is 6.32. The van der Waals surface area contributed by atoms with E-state index in [0.717, 1.165) is 5.92 Å². The van der Waals surface area contributed by atoms with E-state index in [0.29, 0.717) is 12.1 Å². The Labute approximate surface area is 119 Å². The summed E-state index contributed by atoms with van der Waals surface area (Å²) in [5.41, 5.74) is 8.92. The molecule has 0 aliphatic heterocycles. The summed E-state index contributed by atoms with van der Waals surface area (Å²) in [6.07, 6.45) is 1.21. The molecule has 0 aromatic heterocycles. The summed E-state index contributed by atoms with van der Waals surface area (Å²) >= 11 is 0. The van der Waals surface area contributed by atoms with Crippen LogP contribution in [0.25, 0.3) is 0 Å². The van der Waals surface area contributed by atoms with Crippen molar-refractivity contribution in [3.05, 3.63) is 35.4 Å². The van der Waals surface area contributed by atoms with Crippen molar-refractivity contribution in [2.75, 3.05) is 7.05 Å². The molecule has 0 heterocycles. The van der Waals surface area contributed by atoms with Crippen LogP contribution in [0.15, 0.2) is 24.3 Å². The molecular weight excluding hydrogens is 232 g/mol. The van der Waals surface area contributed by atoms with Gasteiger partial charge in [-0.25, -0.2) is 0 Å². The molecule has 108 valence electrons. The summed E-state index contributed by atoms with van der Waals surface area (Å²) in [6.45, 7) is 11.2. The fraction of sp³-hybridized carbons (Fsp3) is 0.647. The molecule has 0 saturated heterocycles. The third kappa shape index (κ3) is 4.63. The average molecular weight is 262 g/mol. The fourth-order valence-corrected chi connectivity index (χ4v) is 2.57. The molecular formula is C17H30N2. The van der Waals surface area contributed by atoms with Crippen LogP contribution < -0.4 is 5.73 Å². The largest absolute Gasteiger partial charge is 0.323 e. The van der Waals surface area contributed by atoms with E-state index in [1.165, 1.54) is 17.5 Å². The standard InChI is InChI=1S/C17H30N2/c1-12(2)11-14(4)19(6)15(5)17(18)16-9-7-13(3)8-10-16/h7-10,12,14-15,17H,11,18H2,1-6H3. The number of hydrogen-bond acceptors (Lipinski definition) is 2. The van der Waals surface area contributed by atoms with Gasteiger partial charge in [-0.15, -0.1) is 0 Å². The highest BCUT2D eigenvalue weighted by molar-refractivity contribution is 5.24. The van der Waals surface area contributed by atoms with Crippen LogP contribution in [0.3, 0.4) is 0 Å². The molecule has 3 unspecified atom stereocenters. The monoisotopic (exact) mass is 262 g/mol. The molecule has 2 nitrogen and oxygen atoms in total. The van der Waals surface area contributed by atoms with Crippen LogP contribution in [0, 0.1) is 12.8 Å². The highest BCUT2D eigenvalue weighted by atomic mass is 15.2. The lowest BCUT2D eigenvalue weighted by Crippen LogP contribution is -2.43. The maximum Gasteiger partial charge on any atom is 0.0450 e. The molecule has 1 rings (SSSR count). The average Bonchev–Trinajstić information content (AvgIpc) is 2.36. The van der Waals surface area contributed by atoms with Gasteiger partial charge in [0.1, 0.15) is 0 Å². The molecule has 2 N–H and O–H groups in total. The quantitative estimate of drug-likeness (QED) is 0.846. The normalized spacial score (nSPS) is 16.7. The minimum Gasteiger partial charge on any atom is -0.323 e. The molecule has 2 heteroatoms. The number of likely N-dealkylation sites (N-methyl/N-ethyl adjacent to an activating group) is 1. The maximum absolute atomic E-state index is 6.42. The molecule has 0 aliphatic carbocycles. The Kier molecular flexibility index (Phi) is 6.02. The summed E-state index contributed by atoms with van der Waals surface area (Å²) in [7, 11) is 2.19. The molecule has 19 heavy (non-hydrogen) atoms. The number of benzene rings is 1. The number of nitrogens with zero attached hydrogens (tertiary/aromatic N) is 1. The van der Waals surface area contributed by atoms with Crippen LogP contribution in [-0.4, -0.2) is 24.0 Å². The van der Waals surface area contributed by atoms with Gasteiger partial charge in [0.25, 0.3) is 0 Å². The van der Waals surface area contributed by atoms with Crippen molar-refractivity contribution in [1.82, 2.24) is 4.90 Å². The molecule has 1 aromatic carbocycles. The third-order valence-corrected chi connectivity index (χ3v) is 4.13. The smallest absolute Gasteiger partial charge is 0.0450 e. The van der Waals surface area contributed by atoms with Crippen LogP contribution in [0.2, 0.25) is 0 Å². The fourth-order valence-electron chi connectivity index (χ4n) is 2.57. The SMILES string of the molecule is Cc1ccc(C(N)C(C)N(C)C(C)CC(C)C)cc1. The van der Waals surface area contributed by atoms with E-state index < -0.39 is 0 Å². The second kappa shape index (κ2) is 7.06. The van der Waals surface area contributed by atoms with Crippen molar-refractivity contribution in [2.24, 2.45) is 11.7 Å². The Balaban J connectivity index is 2.70. The molecule has 0 aliphatic rings. The molecule has 0 spiro atoms. The van der Waals surface area contributed by atoms with Crippen LogP contribution in [0.1, 0.15) is 51.3 Å². The van der Waals surface area contributed by atoms with Crippen molar-refractivity contribution < 1.29 is 0 Å². The van der Waals surface area contributed by atoms with Crippen molar-refractivity contribution in [1.29, 1.82) is 0 Å². The van der Waals surface area contributed by atoms with Crippen molar-refractivity contribution in [3.8, 4) is 0 Å². The van der Waals surface area contributed by atoms with Crippen LogP contribution in [0.4, 0.5) is 0 Å². The maximum atomic E-state index is 6.42. The molecule has 0 amide bonds. The molecule has 0 bridgehead atoms. The van der Waals surface area contributed by atoms with E-state index in [1.807, 2.05) is 0 Å². The van der Waals surface area contributed by atoms with Gasteiger partial charge >= 0.3 is 0 Å². The van der Waals surface area contributed by atoms with E-state index in [1.54, 1.807) is 0 Å². The Hall–Kier alpha value is -0.860. The topological polar surface area (TPSA) is 29.3 Å². The zero-order chi connectivity index (χ0) is 14.6. The second-order valence-corrected chi connectivity index (χ2v) is 6.32. The Morgan fingerprint density at radius 3 is 2.05 bits per heavy atom. The summed E-state index contributed by atoms with van der Waals surface area (Å²) in [5.74, 6) is 0.722. The first-order chi connectivity index (χ1) is 8.82. The Morgan fingerprint density at radius 1 is 1.05 bits per heavy atom. The van der Waals surface area contributed by atoms with Gasteiger partial charge in [0.15, 0.2) is 0 Å². The van der Waals surface area contributed by atoms with Gasteiger partial charge < -0.3 is 5.73 Å². The third-order valence-electron chi connectivity index (χ3n) is 4.13. The predicted molar refractivity (Wildman–Crippen MR) is 84.2 cm³/mol. The number of rotatable bonds is 6. The first-order valence-corrected chi connectivity index (χ1v) is 7.37. The van der Waals surface area contributed by atoms with Crippen LogP contribution in [-0.2, 0) is 0 Å². The minimum atomic E-state index is 0.0696. The lowest BCUT2D eigenvalue weighted by molar-refractivity contribution is 0.155. The van der Waals surface area contributed by atoms with E-state index in [2.05, 4.69) is 70.8 Å². The zero-order valence-electron chi connectivity index (χ0n) is 13.4. The molecule has 0 radical (unpaired) electrons. The highest BCUT2D eigenvalue weighted by Gasteiger charge is 2.23. The summed E-state index contributed by atoms with van der Waals surface area (Å²) < 4.78 is 0. The zero-order valence-corrected chi connectivity index (χ0v) is 13.4. The Bertz CT molecular complexity index is 369. The van der Waals surface area contributed by atoms with Gasteiger partial charge in [0.05, 0.1) is 0 Å². The van der Waals surface area contributed by atoms with Gasteiger partial charge in [0.2, 0.25) is 0 Å². The summed E-state index contributed by atoms with van der Waals surface area (Å²) in [6, 6.07) is 9.55. The van der Waals surface area contributed by atoms with E-state index in [4.69, 9.17) is 5.73 Å².